The second-order valence-corrected chi connectivity index (χ2v) is 9.52. The molecule has 3 aliphatic heterocycles. The average molecular weight is 483 g/mol. The third-order valence-corrected chi connectivity index (χ3v) is 7.43. The molecule has 5 rings (SSSR count). The third kappa shape index (κ3) is 4.50. The van der Waals surface area contributed by atoms with E-state index < -0.39 is 5.54 Å². The van der Waals surface area contributed by atoms with Gasteiger partial charge >= 0.3 is 6.03 Å². The number of nitrogens with one attached hydrogen (secondary N) is 1. The number of carbonyl (C=O) groups excluding carboxylic acids is 2. The minimum absolute atomic E-state index is 0.0950. The standard InChI is InChI=1S/C26H31FN4O4/c1-34-22-15-18(7-8-21(22)27)16-30-12-9-19(10-13-30)26(23-6-2-3-11-28-23)24(32)31(25(33)29-26)17-20-5-4-14-35-20/h2-3,6-8,11,15,19-20H,4-5,9-10,12-14,16-17H2,1H3,(H,29,33)/t20-,26-/m0/s1. The third-order valence-electron chi connectivity index (χ3n) is 7.43. The van der Waals surface area contributed by atoms with E-state index in [1.54, 1.807) is 18.3 Å². The molecule has 9 heteroatoms. The number of halogens is 1. The normalized spacial score (nSPS) is 25.8. The highest BCUT2D eigenvalue weighted by molar-refractivity contribution is 6.07. The van der Waals surface area contributed by atoms with Crippen molar-refractivity contribution in [3.63, 3.8) is 0 Å². The van der Waals surface area contributed by atoms with Crippen molar-refractivity contribution >= 4 is 11.9 Å². The molecule has 8 nitrogen and oxygen atoms in total. The number of ether oxygens (including phenoxy) is 2. The second-order valence-electron chi connectivity index (χ2n) is 9.52. The number of imide groups is 1. The topological polar surface area (TPSA) is 84.0 Å². The summed E-state index contributed by atoms with van der Waals surface area (Å²) in [7, 11) is 1.46. The van der Waals surface area contributed by atoms with Crippen LogP contribution >= 0.6 is 0 Å². The van der Waals surface area contributed by atoms with Crippen molar-refractivity contribution < 1.29 is 23.5 Å². The van der Waals surface area contributed by atoms with Crippen molar-refractivity contribution in [3.8, 4) is 5.75 Å². The first-order valence-corrected chi connectivity index (χ1v) is 12.2. The number of amides is 3. The van der Waals surface area contributed by atoms with Gasteiger partial charge in [0.25, 0.3) is 5.91 Å². The summed E-state index contributed by atoms with van der Waals surface area (Å²) in [6.45, 7) is 3.08. The van der Waals surface area contributed by atoms with Crippen molar-refractivity contribution in [2.45, 2.75) is 43.9 Å². The predicted octanol–water partition coefficient (Wildman–Crippen LogP) is 3.07. The van der Waals surface area contributed by atoms with Crippen molar-refractivity contribution in [1.29, 1.82) is 0 Å². The van der Waals surface area contributed by atoms with E-state index in [1.165, 1.54) is 18.1 Å². The summed E-state index contributed by atoms with van der Waals surface area (Å²) in [5.74, 6) is -0.479. The summed E-state index contributed by atoms with van der Waals surface area (Å²) < 4.78 is 24.6. The van der Waals surface area contributed by atoms with Gasteiger partial charge in [-0.05, 0) is 74.5 Å². The molecule has 1 aromatic carbocycles. The largest absolute Gasteiger partial charge is 0.494 e. The van der Waals surface area contributed by atoms with Crippen molar-refractivity contribution in [1.82, 2.24) is 20.1 Å². The van der Waals surface area contributed by atoms with Gasteiger partial charge in [-0.2, -0.15) is 0 Å². The Hall–Kier alpha value is -3.04. The van der Waals surface area contributed by atoms with Crippen LogP contribution in [0.25, 0.3) is 0 Å². The van der Waals surface area contributed by atoms with Crippen molar-refractivity contribution in [2.75, 3.05) is 33.4 Å². The molecule has 186 valence electrons. The van der Waals surface area contributed by atoms with Gasteiger partial charge < -0.3 is 14.8 Å². The maximum absolute atomic E-state index is 13.9. The van der Waals surface area contributed by atoms with Crippen molar-refractivity contribution in [2.24, 2.45) is 5.92 Å². The maximum atomic E-state index is 13.9. The second kappa shape index (κ2) is 9.91. The summed E-state index contributed by atoms with van der Waals surface area (Å²) in [5, 5.41) is 3.06. The highest BCUT2D eigenvalue weighted by atomic mass is 19.1. The minimum Gasteiger partial charge on any atom is -0.494 e. The zero-order valence-corrected chi connectivity index (χ0v) is 19.9. The molecule has 1 aromatic heterocycles. The maximum Gasteiger partial charge on any atom is 0.325 e. The van der Waals surface area contributed by atoms with E-state index >= 15 is 0 Å². The molecule has 3 saturated heterocycles. The van der Waals surface area contributed by atoms with E-state index in [0.29, 0.717) is 31.7 Å². The molecule has 4 heterocycles. The number of urea groups is 1. The number of carbonyl (C=O) groups is 2. The van der Waals surface area contributed by atoms with Crippen LogP contribution in [0.3, 0.4) is 0 Å². The molecule has 2 aromatic rings. The van der Waals surface area contributed by atoms with Gasteiger partial charge in [-0.3, -0.25) is 19.6 Å². The first-order chi connectivity index (χ1) is 17.0. The van der Waals surface area contributed by atoms with E-state index in [1.807, 2.05) is 18.2 Å². The van der Waals surface area contributed by atoms with Crippen LogP contribution in [0.2, 0.25) is 0 Å². The van der Waals surface area contributed by atoms with E-state index in [0.717, 1.165) is 31.5 Å². The van der Waals surface area contributed by atoms with Crippen LogP contribution in [0.4, 0.5) is 9.18 Å². The average Bonchev–Trinajstić information content (AvgIpc) is 3.49. The molecule has 0 unspecified atom stereocenters. The van der Waals surface area contributed by atoms with E-state index in [2.05, 4.69) is 15.2 Å². The van der Waals surface area contributed by atoms with Crippen LogP contribution < -0.4 is 10.1 Å². The monoisotopic (exact) mass is 482 g/mol. The summed E-state index contributed by atoms with van der Waals surface area (Å²) in [5.41, 5.74) is 0.367. The van der Waals surface area contributed by atoms with Crippen LogP contribution in [0.5, 0.6) is 5.75 Å². The number of hydrogen-bond donors (Lipinski definition) is 1. The van der Waals surface area contributed by atoms with Gasteiger partial charge in [0.15, 0.2) is 17.1 Å². The lowest BCUT2D eigenvalue weighted by Crippen LogP contribution is -2.54. The highest BCUT2D eigenvalue weighted by Crippen LogP contribution is 2.41. The fraction of sp³-hybridized carbons (Fsp3) is 0.500. The molecule has 1 N–H and O–H groups in total. The fourth-order valence-corrected chi connectivity index (χ4v) is 5.59. The zero-order chi connectivity index (χ0) is 24.4. The molecule has 0 bridgehead atoms. The zero-order valence-electron chi connectivity index (χ0n) is 19.9. The number of pyridine rings is 1. The number of hydrogen-bond acceptors (Lipinski definition) is 6. The van der Waals surface area contributed by atoms with Crippen molar-refractivity contribution in [3.05, 3.63) is 59.7 Å². The lowest BCUT2D eigenvalue weighted by molar-refractivity contribution is -0.135. The highest BCUT2D eigenvalue weighted by Gasteiger charge is 2.58. The van der Waals surface area contributed by atoms with Gasteiger partial charge in [-0.15, -0.1) is 0 Å². The first-order valence-electron chi connectivity index (χ1n) is 12.2. The van der Waals surface area contributed by atoms with Gasteiger partial charge in [0.2, 0.25) is 0 Å². The Labute approximate surface area is 204 Å². The number of methoxy groups -OCH3 is 1. The molecule has 0 spiro atoms. The Morgan fingerprint density at radius 2 is 2.03 bits per heavy atom. The van der Waals surface area contributed by atoms with Crippen LogP contribution in [0.1, 0.15) is 36.9 Å². The van der Waals surface area contributed by atoms with Gasteiger partial charge in [-0.1, -0.05) is 12.1 Å². The summed E-state index contributed by atoms with van der Waals surface area (Å²) in [6, 6.07) is 10.0. The predicted molar refractivity (Wildman–Crippen MR) is 126 cm³/mol. The van der Waals surface area contributed by atoms with E-state index in [-0.39, 0.29) is 42.1 Å². The Morgan fingerprint density at radius 1 is 1.20 bits per heavy atom. The number of piperidine rings is 1. The molecule has 35 heavy (non-hydrogen) atoms. The lowest BCUT2D eigenvalue weighted by Gasteiger charge is -2.40. The molecule has 3 aliphatic rings. The smallest absolute Gasteiger partial charge is 0.325 e. The summed E-state index contributed by atoms with van der Waals surface area (Å²) >= 11 is 0. The molecular formula is C26H31FN4O4. The van der Waals surface area contributed by atoms with Crippen LogP contribution in [-0.4, -0.2) is 66.2 Å². The molecule has 0 aliphatic carbocycles. The molecule has 0 saturated carbocycles. The SMILES string of the molecule is COc1cc(CN2CCC([C@@]3(c4ccccn4)NC(=O)N(C[C@@H]4CCCO4)C3=O)CC2)ccc1F. The summed E-state index contributed by atoms with van der Waals surface area (Å²) in [6.07, 6.45) is 4.77. The Balaban J connectivity index is 1.34. The molecule has 0 radical (unpaired) electrons. The first kappa shape index (κ1) is 23.7. The molecule has 3 amide bonds. The Bertz CT molecular complexity index is 1070. The van der Waals surface area contributed by atoms with Gasteiger partial charge in [0.1, 0.15) is 0 Å². The fourth-order valence-electron chi connectivity index (χ4n) is 5.59. The lowest BCUT2D eigenvalue weighted by atomic mass is 9.75. The van der Waals surface area contributed by atoms with Crippen LogP contribution in [-0.2, 0) is 21.6 Å². The summed E-state index contributed by atoms with van der Waals surface area (Å²) in [4.78, 5) is 35.1. The minimum atomic E-state index is -1.18. The molecule has 2 atom stereocenters. The van der Waals surface area contributed by atoms with Gasteiger partial charge in [-0.25, -0.2) is 9.18 Å². The van der Waals surface area contributed by atoms with Gasteiger partial charge in [0.05, 0.1) is 25.5 Å². The Morgan fingerprint density at radius 3 is 2.71 bits per heavy atom. The molecule has 3 fully saturated rings. The van der Waals surface area contributed by atoms with Crippen LogP contribution in [0, 0.1) is 11.7 Å². The quantitative estimate of drug-likeness (QED) is 0.611. The number of aromatic nitrogens is 1. The van der Waals surface area contributed by atoms with Crippen LogP contribution in [0.15, 0.2) is 42.6 Å². The number of rotatable bonds is 7. The van der Waals surface area contributed by atoms with E-state index in [9.17, 15) is 14.0 Å². The van der Waals surface area contributed by atoms with Gasteiger partial charge in [0, 0.05) is 19.3 Å². The van der Waals surface area contributed by atoms with E-state index in [4.69, 9.17) is 9.47 Å². The number of benzene rings is 1. The Kier molecular flexibility index (Phi) is 6.71. The number of nitrogens with zero attached hydrogens (tertiary/aromatic N) is 3. The molecular weight excluding hydrogens is 451 g/mol. The number of likely N-dealkylation sites (tertiary alicyclic amines) is 1.